The van der Waals surface area contributed by atoms with Gasteiger partial charge in [-0.15, -0.1) is 0 Å². The van der Waals surface area contributed by atoms with Crippen molar-refractivity contribution < 1.29 is 9.53 Å². The van der Waals surface area contributed by atoms with Gasteiger partial charge in [-0.05, 0) is 73.5 Å². The third-order valence-electron chi connectivity index (χ3n) is 4.33. The van der Waals surface area contributed by atoms with Gasteiger partial charge >= 0.3 is 0 Å². The fourth-order valence-electron chi connectivity index (χ4n) is 2.78. The van der Waals surface area contributed by atoms with Crippen LogP contribution in [0, 0.1) is 0 Å². The number of hydrogen-bond donors (Lipinski definition) is 0. The van der Waals surface area contributed by atoms with Crippen LogP contribution in [0.5, 0.6) is 5.75 Å². The lowest BCUT2D eigenvalue weighted by Gasteiger charge is -2.17. The number of aromatic nitrogens is 1. The number of rotatable bonds is 8. The molecule has 140 valence electrons. The van der Waals surface area contributed by atoms with E-state index in [-0.39, 0.29) is 5.91 Å². The zero-order valence-electron chi connectivity index (χ0n) is 15.3. The molecule has 0 saturated heterocycles. The van der Waals surface area contributed by atoms with Crippen LogP contribution in [0.1, 0.15) is 23.2 Å². The van der Waals surface area contributed by atoms with Gasteiger partial charge in [-0.25, -0.2) is 0 Å². The Bertz CT molecular complexity index is 843. The van der Waals surface area contributed by atoms with Gasteiger partial charge in [0.05, 0.1) is 6.61 Å². The van der Waals surface area contributed by atoms with Crippen LogP contribution in [0.2, 0.25) is 5.02 Å². The predicted octanol–water partition coefficient (Wildman–Crippen LogP) is 5.06. The summed E-state index contributed by atoms with van der Waals surface area (Å²) < 4.78 is 7.68. The molecule has 0 bridgehead atoms. The molecule has 0 fully saturated rings. The van der Waals surface area contributed by atoms with Crippen LogP contribution in [-0.4, -0.2) is 35.6 Å². The standard InChI is InChI=1S/C22H23ClN2O2/c1-24(14-4-5-17-27-21-12-8-19(23)9-13-21)22(26)18-6-10-20(11-7-18)25-15-2-3-16-25/h2-3,6-13,15-16H,4-5,14,17H2,1H3. The summed E-state index contributed by atoms with van der Waals surface area (Å²) in [6, 6.07) is 18.9. The normalized spacial score (nSPS) is 10.6. The minimum atomic E-state index is 0.0349. The largest absolute Gasteiger partial charge is 0.494 e. The summed E-state index contributed by atoms with van der Waals surface area (Å²) in [5.74, 6) is 0.847. The highest BCUT2D eigenvalue weighted by Crippen LogP contribution is 2.16. The highest BCUT2D eigenvalue weighted by Gasteiger charge is 2.11. The Morgan fingerprint density at radius 1 is 1.00 bits per heavy atom. The third-order valence-corrected chi connectivity index (χ3v) is 4.59. The molecule has 0 unspecified atom stereocenters. The smallest absolute Gasteiger partial charge is 0.253 e. The number of carbonyl (C=O) groups is 1. The molecule has 0 spiro atoms. The van der Waals surface area contributed by atoms with Crippen LogP contribution in [0.3, 0.4) is 0 Å². The van der Waals surface area contributed by atoms with Gasteiger partial charge in [0, 0.05) is 42.3 Å². The van der Waals surface area contributed by atoms with E-state index in [1.165, 1.54) is 0 Å². The summed E-state index contributed by atoms with van der Waals surface area (Å²) in [6.07, 6.45) is 5.73. The SMILES string of the molecule is CN(CCCCOc1ccc(Cl)cc1)C(=O)c1ccc(-n2cccc2)cc1. The van der Waals surface area contributed by atoms with Gasteiger partial charge in [-0.1, -0.05) is 11.6 Å². The first-order valence-corrected chi connectivity index (χ1v) is 9.38. The van der Waals surface area contributed by atoms with E-state index in [1.807, 2.05) is 84.7 Å². The molecule has 27 heavy (non-hydrogen) atoms. The van der Waals surface area contributed by atoms with Crippen molar-refractivity contribution in [2.45, 2.75) is 12.8 Å². The molecule has 1 aromatic heterocycles. The predicted molar refractivity (Wildman–Crippen MR) is 109 cm³/mol. The van der Waals surface area contributed by atoms with E-state index in [2.05, 4.69) is 0 Å². The first kappa shape index (κ1) is 19.1. The molecule has 4 nitrogen and oxygen atoms in total. The highest BCUT2D eigenvalue weighted by molar-refractivity contribution is 6.30. The first-order chi connectivity index (χ1) is 13.1. The Balaban J connectivity index is 1.41. The van der Waals surface area contributed by atoms with Gasteiger partial charge in [0.25, 0.3) is 5.91 Å². The van der Waals surface area contributed by atoms with Crippen molar-refractivity contribution in [2.75, 3.05) is 20.2 Å². The Hall–Kier alpha value is -2.72. The van der Waals surface area contributed by atoms with Crippen molar-refractivity contribution in [1.82, 2.24) is 9.47 Å². The molecular formula is C22H23ClN2O2. The average Bonchev–Trinajstić information content (AvgIpc) is 3.23. The molecule has 0 aliphatic carbocycles. The maximum Gasteiger partial charge on any atom is 0.253 e. The van der Waals surface area contributed by atoms with Gasteiger partial charge in [-0.2, -0.15) is 0 Å². The molecule has 3 aromatic rings. The number of hydrogen-bond acceptors (Lipinski definition) is 2. The average molecular weight is 383 g/mol. The van der Waals surface area contributed by atoms with Crippen molar-refractivity contribution in [3.63, 3.8) is 0 Å². The van der Waals surface area contributed by atoms with Crippen molar-refractivity contribution in [3.05, 3.63) is 83.6 Å². The Morgan fingerprint density at radius 3 is 2.33 bits per heavy atom. The molecule has 3 rings (SSSR count). The number of amides is 1. The lowest BCUT2D eigenvalue weighted by atomic mass is 10.1. The second-order valence-electron chi connectivity index (χ2n) is 6.37. The van der Waals surface area contributed by atoms with Crippen LogP contribution < -0.4 is 4.74 Å². The summed E-state index contributed by atoms with van der Waals surface area (Å²) in [5.41, 5.74) is 1.74. The molecule has 0 aliphatic rings. The van der Waals surface area contributed by atoms with Gasteiger partial charge in [0.15, 0.2) is 0 Å². The van der Waals surface area contributed by atoms with Crippen LogP contribution >= 0.6 is 11.6 Å². The monoisotopic (exact) mass is 382 g/mol. The van der Waals surface area contributed by atoms with Crippen LogP contribution in [0.25, 0.3) is 5.69 Å². The van der Waals surface area contributed by atoms with Crippen molar-refractivity contribution >= 4 is 17.5 Å². The highest BCUT2D eigenvalue weighted by atomic mass is 35.5. The zero-order chi connectivity index (χ0) is 19.1. The maximum absolute atomic E-state index is 12.5. The van der Waals surface area contributed by atoms with Crippen LogP contribution in [-0.2, 0) is 0 Å². The second-order valence-corrected chi connectivity index (χ2v) is 6.81. The van der Waals surface area contributed by atoms with E-state index in [1.54, 1.807) is 4.90 Å². The molecule has 1 amide bonds. The summed E-state index contributed by atoms with van der Waals surface area (Å²) in [6.45, 7) is 1.32. The topological polar surface area (TPSA) is 34.5 Å². The number of halogens is 1. The van der Waals surface area contributed by atoms with Gasteiger partial charge in [0.1, 0.15) is 5.75 Å². The van der Waals surface area contributed by atoms with Crippen molar-refractivity contribution in [2.24, 2.45) is 0 Å². The summed E-state index contributed by atoms with van der Waals surface area (Å²) in [5, 5.41) is 0.698. The zero-order valence-corrected chi connectivity index (χ0v) is 16.1. The molecule has 0 N–H and O–H groups in total. The number of carbonyl (C=O) groups excluding carboxylic acids is 1. The molecule has 0 saturated carbocycles. The minimum Gasteiger partial charge on any atom is -0.494 e. The number of nitrogens with zero attached hydrogens (tertiary/aromatic N) is 2. The molecule has 0 atom stereocenters. The molecule has 1 heterocycles. The van der Waals surface area contributed by atoms with Gasteiger partial charge < -0.3 is 14.2 Å². The quantitative estimate of drug-likeness (QED) is 0.510. The second kappa shape index (κ2) is 9.28. The number of unbranched alkanes of at least 4 members (excludes halogenated alkanes) is 1. The van der Waals surface area contributed by atoms with Crippen LogP contribution in [0.4, 0.5) is 0 Å². The summed E-state index contributed by atoms with van der Waals surface area (Å²) in [7, 11) is 1.84. The van der Waals surface area contributed by atoms with E-state index in [4.69, 9.17) is 16.3 Å². The van der Waals surface area contributed by atoms with E-state index < -0.39 is 0 Å². The molecule has 0 radical (unpaired) electrons. The van der Waals surface area contributed by atoms with Crippen LogP contribution in [0.15, 0.2) is 73.1 Å². The Kier molecular flexibility index (Phi) is 6.55. The first-order valence-electron chi connectivity index (χ1n) is 9.01. The van der Waals surface area contributed by atoms with Gasteiger partial charge in [-0.3, -0.25) is 4.79 Å². The van der Waals surface area contributed by atoms with E-state index >= 15 is 0 Å². The molecule has 5 heteroatoms. The lowest BCUT2D eigenvalue weighted by molar-refractivity contribution is 0.0791. The number of ether oxygens (including phenoxy) is 1. The van der Waals surface area contributed by atoms with E-state index in [0.717, 1.165) is 24.3 Å². The maximum atomic E-state index is 12.5. The summed E-state index contributed by atoms with van der Waals surface area (Å²) in [4.78, 5) is 14.3. The van der Waals surface area contributed by atoms with Crippen molar-refractivity contribution in [1.29, 1.82) is 0 Å². The van der Waals surface area contributed by atoms with E-state index in [9.17, 15) is 4.79 Å². The molecule has 0 aliphatic heterocycles. The minimum absolute atomic E-state index is 0.0349. The molecular weight excluding hydrogens is 360 g/mol. The third kappa shape index (κ3) is 5.38. The summed E-state index contributed by atoms with van der Waals surface area (Å²) >= 11 is 5.85. The van der Waals surface area contributed by atoms with Gasteiger partial charge in [0.2, 0.25) is 0 Å². The fourth-order valence-corrected chi connectivity index (χ4v) is 2.90. The van der Waals surface area contributed by atoms with E-state index in [0.29, 0.717) is 23.7 Å². The number of benzene rings is 2. The Labute approximate surface area is 164 Å². The molecule has 2 aromatic carbocycles. The lowest BCUT2D eigenvalue weighted by Crippen LogP contribution is -2.28. The van der Waals surface area contributed by atoms with Crippen molar-refractivity contribution in [3.8, 4) is 11.4 Å². The fraction of sp³-hybridized carbons (Fsp3) is 0.227. The Morgan fingerprint density at radius 2 is 1.67 bits per heavy atom.